The van der Waals surface area contributed by atoms with Gasteiger partial charge in [0.25, 0.3) is 11.5 Å². The van der Waals surface area contributed by atoms with Crippen LogP contribution in [-0.2, 0) is 0 Å². The monoisotopic (exact) mass is 351 g/mol. The van der Waals surface area contributed by atoms with E-state index in [1.807, 2.05) is 35.7 Å². The number of hydrogen-bond acceptors (Lipinski definition) is 4. The highest BCUT2D eigenvalue weighted by Gasteiger charge is 2.33. The van der Waals surface area contributed by atoms with E-state index in [1.54, 1.807) is 34.6 Å². The zero-order chi connectivity index (χ0) is 17.2. The average Bonchev–Trinajstić information content (AvgIpc) is 3.33. The van der Waals surface area contributed by atoms with Crippen molar-refractivity contribution in [2.75, 3.05) is 6.54 Å². The Kier molecular flexibility index (Phi) is 4.19. The molecule has 25 heavy (non-hydrogen) atoms. The Morgan fingerprint density at radius 2 is 2.04 bits per heavy atom. The van der Waals surface area contributed by atoms with Gasteiger partial charge in [0.1, 0.15) is 10.6 Å². The van der Waals surface area contributed by atoms with Crippen LogP contribution in [-0.4, -0.2) is 27.3 Å². The van der Waals surface area contributed by atoms with Crippen LogP contribution in [0.5, 0.6) is 0 Å². The maximum Gasteiger partial charge on any atom is 0.261 e. The number of carbonyl (C=O) groups excluding carboxylic acids is 1. The van der Waals surface area contributed by atoms with Gasteiger partial charge in [0.05, 0.1) is 6.04 Å². The van der Waals surface area contributed by atoms with E-state index in [0.29, 0.717) is 12.2 Å². The third kappa shape index (κ3) is 3.00. The van der Waals surface area contributed by atoms with E-state index in [4.69, 9.17) is 0 Å². The van der Waals surface area contributed by atoms with Crippen LogP contribution in [0.15, 0.2) is 58.8 Å². The van der Waals surface area contributed by atoms with Gasteiger partial charge in [-0.2, -0.15) is 0 Å². The Hall–Kier alpha value is -2.73. The van der Waals surface area contributed by atoms with E-state index in [1.165, 1.54) is 0 Å². The fraction of sp³-hybridized carbons (Fsp3) is 0.211. The number of pyridine rings is 1. The predicted molar refractivity (Wildman–Crippen MR) is 97.6 cm³/mol. The number of aromatic nitrogens is 2. The van der Waals surface area contributed by atoms with Crippen molar-refractivity contribution in [2.45, 2.75) is 18.9 Å². The molecule has 0 unspecified atom stereocenters. The molecule has 5 nitrogen and oxygen atoms in total. The number of thiazole rings is 1. The molecule has 1 fully saturated rings. The number of benzene rings is 1. The van der Waals surface area contributed by atoms with Crippen LogP contribution in [0.3, 0.4) is 0 Å². The lowest BCUT2D eigenvalue weighted by Gasteiger charge is -2.22. The van der Waals surface area contributed by atoms with Gasteiger partial charge in [-0.05, 0) is 30.5 Å². The van der Waals surface area contributed by atoms with E-state index in [0.717, 1.165) is 23.4 Å². The normalized spacial score (nSPS) is 17.0. The summed E-state index contributed by atoms with van der Waals surface area (Å²) in [5, 5.41) is 2.85. The van der Waals surface area contributed by atoms with Crippen LogP contribution in [0.2, 0.25) is 0 Å². The lowest BCUT2D eigenvalue weighted by Crippen LogP contribution is -2.34. The van der Waals surface area contributed by atoms with Gasteiger partial charge in [0.2, 0.25) is 0 Å². The van der Waals surface area contributed by atoms with Crippen molar-refractivity contribution in [3.63, 3.8) is 0 Å². The second-order valence-electron chi connectivity index (χ2n) is 6.01. The number of H-pyrrole nitrogens is 1. The third-order valence-electron chi connectivity index (χ3n) is 4.47. The van der Waals surface area contributed by atoms with Crippen molar-refractivity contribution < 1.29 is 4.79 Å². The summed E-state index contributed by atoms with van der Waals surface area (Å²) in [5.74, 6) is -0.224. The van der Waals surface area contributed by atoms with Crippen LogP contribution in [0.4, 0.5) is 0 Å². The maximum absolute atomic E-state index is 12.9. The van der Waals surface area contributed by atoms with Crippen LogP contribution in [0.1, 0.15) is 34.2 Å². The Labute approximate surface area is 149 Å². The Bertz CT molecular complexity index is 935. The van der Waals surface area contributed by atoms with Crippen LogP contribution in [0, 0.1) is 0 Å². The Balaban J connectivity index is 1.63. The Morgan fingerprint density at radius 3 is 2.76 bits per heavy atom. The van der Waals surface area contributed by atoms with Gasteiger partial charge in [-0.1, -0.05) is 30.3 Å². The fourth-order valence-corrected chi connectivity index (χ4v) is 4.03. The summed E-state index contributed by atoms with van der Waals surface area (Å²) in [7, 11) is 0. The molecule has 1 saturated heterocycles. The van der Waals surface area contributed by atoms with E-state index >= 15 is 0 Å². The largest absolute Gasteiger partial charge is 0.329 e. The summed E-state index contributed by atoms with van der Waals surface area (Å²) in [6.07, 6.45) is 3.57. The van der Waals surface area contributed by atoms with E-state index in [2.05, 4.69) is 9.97 Å². The van der Waals surface area contributed by atoms with Crippen LogP contribution >= 0.6 is 11.3 Å². The molecule has 3 aromatic rings. The van der Waals surface area contributed by atoms with Gasteiger partial charge in [-0.15, -0.1) is 11.3 Å². The first-order valence-electron chi connectivity index (χ1n) is 8.23. The van der Waals surface area contributed by atoms with Gasteiger partial charge < -0.3 is 9.88 Å². The molecule has 0 spiro atoms. The summed E-state index contributed by atoms with van der Waals surface area (Å²) in [5.41, 5.74) is 1.46. The van der Waals surface area contributed by atoms with Crippen molar-refractivity contribution in [3.05, 3.63) is 75.0 Å². The number of amides is 1. The molecule has 2 aromatic heterocycles. The summed E-state index contributed by atoms with van der Waals surface area (Å²) in [6, 6.07) is 13.0. The minimum Gasteiger partial charge on any atom is -0.329 e. The molecule has 1 aliphatic rings. The number of carbonyl (C=O) groups is 1. The standard InChI is InChI=1S/C19H17N3O2S/c23-17-14(8-9-15(21-17)13-5-2-1-3-6-13)19(24)22-11-4-7-16(22)18-20-10-12-25-18/h1-3,5-6,8-10,12,16H,4,7,11H2,(H,21,23)/t16-/m1/s1. The van der Waals surface area contributed by atoms with Crippen molar-refractivity contribution in [1.82, 2.24) is 14.9 Å². The zero-order valence-corrected chi connectivity index (χ0v) is 14.3. The number of hydrogen-bond donors (Lipinski definition) is 1. The van der Waals surface area contributed by atoms with Gasteiger partial charge in [0.15, 0.2) is 0 Å². The van der Waals surface area contributed by atoms with Crippen LogP contribution in [0.25, 0.3) is 11.3 Å². The number of nitrogens with one attached hydrogen (secondary N) is 1. The minimum atomic E-state index is -0.351. The molecular formula is C19H17N3O2S. The minimum absolute atomic E-state index is 0.0271. The highest BCUT2D eigenvalue weighted by molar-refractivity contribution is 7.09. The molecule has 1 atom stereocenters. The second kappa shape index (κ2) is 6.64. The first kappa shape index (κ1) is 15.8. The van der Waals surface area contributed by atoms with Gasteiger partial charge in [-0.25, -0.2) is 4.98 Å². The van der Waals surface area contributed by atoms with Gasteiger partial charge >= 0.3 is 0 Å². The molecule has 1 amide bonds. The van der Waals surface area contributed by atoms with Crippen molar-refractivity contribution in [1.29, 1.82) is 0 Å². The molecule has 126 valence electrons. The number of likely N-dealkylation sites (tertiary alicyclic amines) is 1. The molecule has 4 rings (SSSR count). The topological polar surface area (TPSA) is 66.1 Å². The first-order chi connectivity index (χ1) is 12.2. The number of rotatable bonds is 3. The first-order valence-corrected chi connectivity index (χ1v) is 9.11. The van der Waals surface area contributed by atoms with Crippen molar-refractivity contribution in [3.8, 4) is 11.3 Å². The van der Waals surface area contributed by atoms with Gasteiger partial charge in [-0.3, -0.25) is 9.59 Å². The third-order valence-corrected chi connectivity index (χ3v) is 5.35. The number of aromatic amines is 1. The molecule has 0 radical (unpaired) electrons. The quantitative estimate of drug-likeness (QED) is 0.786. The molecule has 0 aliphatic carbocycles. The molecule has 6 heteroatoms. The predicted octanol–water partition coefficient (Wildman–Crippen LogP) is 3.48. The summed E-state index contributed by atoms with van der Waals surface area (Å²) >= 11 is 1.55. The molecule has 0 bridgehead atoms. The molecule has 0 saturated carbocycles. The fourth-order valence-electron chi connectivity index (χ4n) is 3.25. The maximum atomic E-state index is 12.9. The second-order valence-corrected chi connectivity index (χ2v) is 6.93. The molecular weight excluding hydrogens is 334 g/mol. The molecule has 1 aromatic carbocycles. The van der Waals surface area contributed by atoms with Crippen LogP contribution < -0.4 is 5.56 Å². The molecule has 1 N–H and O–H groups in total. The Morgan fingerprint density at radius 1 is 1.20 bits per heavy atom. The average molecular weight is 351 g/mol. The smallest absolute Gasteiger partial charge is 0.261 e. The highest BCUT2D eigenvalue weighted by atomic mass is 32.1. The lowest BCUT2D eigenvalue weighted by molar-refractivity contribution is 0.0733. The van der Waals surface area contributed by atoms with Gasteiger partial charge in [0, 0.05) is 23.8 Å². The highest BCUT2D eigenvalue weighted by Crippen LogP contribution is 2.33. The molecule has 3 heterocycles. The lowest BCUT2D eigenvalue weighted by atomic mass is 10.1. The van der Waals surface area contributed by atoms with E-state index in [9.17, 15) is 9.59 Å². The van der Waals surface area contributed by atoms with E-state index in [-0.39, 0.29) is 23.1 Å². The summed E-state index contributed by atoms with van der Waals surface area (Å²) < 4.78 is 0. The van der Waals surface area contributed by atoms with E-state index < -0.39 is 0 Å². The van der Waals surface area contributed by atoms with Crippen molar-refractivity contribution >= 4 is 17.2 Å². The summed E-state index contributed by atoms with van der Waals surface area (Å²) in [6.45, 7) is 0.656. The SMILES string of the molecule is O=C(c1ccc(-c2ccccc2)[nH]c1=O)N1CCC[C@@H]1c1nccs1. The number of nitrogens with zero attached hydrogens (tertiary/aromatic N) is 2. The summed E-state index contributed by atoms with van der Waals surface area (Å²) in [4.78, 5) is 34.3. The zero-order valence-electron chi connectivity index (χ0n) is 13.5. The van der Waals surface area contributed by atoms with Crippen molar-refractivity contribution in [2.24, 2.45) is 0 Å². The molecule has 1 aliphatic heterocycles.